The summed E-state index contributed by atoms with van der Waals surface area (Å²) in [6.45, 7) is 6.24. The highest BCUT2D eigenvalue weighted by Gasteiger charge is 2.35. The summed E-state index contributed by atoms with van der Waals surface area (Å²) in [5, 5.41) is 3.44. The van der Waals surface area contributed by atoms with E-state index < -0.39 is 45.8 Å². The quantitative estimate of drug-likeness (QED) is 0.252. The van der Waals surface area contributed by atoms with Crippen molar-refractivity contribution in [3.05, 3.63) is 82.1 Å². The van der Waals surface area contributed by atoms with E-state index >= 15 is 0 Å². The van der Waals surface area contributed by atoms with Crippen molar-refractivity contribution in [1.82, 2.24) is 10.2 Å². The van der Waals surface area contributed by atoms with Gasteiger partial charge in [-0.3, -0.25) is 13.9 Å². The molecule has 44 heavy (non-hydrogen) atoms. The zero-order valence-corrected chi connectivity index (χ0v) is 27.7. The van der Waals surface area contributed by atoms with Gasteiger partial charge in [-0.05, 0) is 75.7 Å². The minimum atomic E-state index is -4.45. The lowest BCUT2D eigenvalue weighted by atomic mass is 10.1. The molecule has 3 aromatic carbocycles. The van der Waals surface area contributed by atoms with Crippen molar-refractivity contribution in [2.75, 3.05) is 25.1 Å². The predicted octanol–water partition coefficient (Wildman–Crippen LogP) is 6.07. The first-order valence-electron chi connectivity index (χ1n) is 13.7. The fraction of sp³-hybridized carbons (Fsp3) is 0.355. The maximum atomic E-state index is 14.2. The van der Waals surface area contributed by atoms with E-state index in [0.717, 1.165) is 16.4 Å². The largest absolute Gasteiger partial charge is 0.493 e. The number of ether oxygens (including phenoxy) is 2. The Balaban J connectivity index is 2.15. The van der Waals surface area contributed by atoms with E-state index in [4.69, 9.17) is 32.7 Å². The molecule has 13 heteroatoms. The third kappa shape index (κ3) is 8.34. The molecule has 0 aromatic heterocycles. The Hall–Kier alpha value is -3.54. The van der Waals surface area contributed by atoms with Crippen molar-refractivity contribution in [2.24, 2.45) is 0 Å². The maximum absolute atomic E-state index is 14.2. The highest BCUT2D eigenvalue weighted by molar-refractivity contribution is 7.92. The molecule has 3 rings (SSSR count). The molecule has 1 N–H and O–H groups in total. The molecule has 0 saturated carbocycles. The summed E-state index contributed by atoms with van der Waals surface area (Å²) in [6.07, 6.45) is 0.203. The molecule has 238 valence electrons. The number of hydrogen-bond acceptors (Lipinski definition) is 6. The van der Waals surface area contributed by atoms with Gasteiger partial charge in [0, 0.05) is 33.8 Å². The first kappa shape index (κ1) is 34.9. The number of halogens is 3. The molecule has 0 fully saturated rings. The average Bonchev–Trinajstić information content (AvgIpc) is 2.96. The van der Waals surface area contributed by atoms with Gasteiger partial charge in [-0.1, -0.05) is 36.2 Å². The first-order chi connectivity index (χ1) is 20.6. The number of benzene rings is 3. The lowest BCUT2D eigenvalue weighted by Gasteiger charge is -2.35. The van der Waals surface area contributed by atoms with Crippen LogP contribution in [0.15, 0.2) is 65.6 Å². The topological polar surface area (TPSA) is 105 Å². The Bertz CT molecular complexity index is 1580. The van der Waals surface area contributed by atoms with E-state index in [1.54, 1.807) is 45.9 Å². The number of carbonyl (C=O) groups excluding carboxylic acids is 2. The molecule has 0 bridgehead atoms. The second-order valence-electron chi connectivity index (χ2n) is 10.9. The summed E-state index contributed by atoms with van der Waals surface area (Å²) < 4.78 is 53.5. The standard InChI is InChI=1S/C31H36Cl2FN3O6S/c1-7-26(30(39)35-31(2,3)4)36(18-23-24(32)9-8-10-25(23)33)29(38)19-37(21-13-11-20(34)12-14-21)44(40,41)22-15-16-27(42-5)28(17-22)43-6/h8-17,26H,7,18-19H2,1-6H3,(H,35,39). The molecule has 0 heterocycles. The molecule has 1 unspecified atom stereocenters. The summed E-state index contributed by atoms with van der Waals surface area (Å²) in [5.41, 5.74) is -0.197. The van der Waals surface area contributed by atoms with Crippen LogP contribution in [0, 0.1) is 5.82 Å². The summed E-state index contributed by atoms with van der Waals surface area (Å²) >= 11 is 12.9. The zero-order valence-electron chi connectivity index (χ0n) is 25.4. The Morgan fingerprint density at radius 3 is 2.07 bits per heavy atom. The number of hydrogen-bond donors (Lipinski definition) is 1. The van der Waals surface area contributed by atoms with Gasteiger partial charge in [0.25, 0.3) is 10.0 Å². The predicted molar refractivity (Wildman–Crippen MR) is 169 cm³/mol. The number of methoxy groups -OCH3 is 2. The second kappa shape index (κ2) is 14.5. The van der Waals surface area contributed by atoms with Crippen molar-refractivity contribution in [1.29, 1.82) is 0 Å². The summed E-state index contributed by atoms with van der Waals surface area (Å²) in [5.74, 6) is -1.30. The molecule has 9 nitrogen and oxygen atoms in total. The van der Waals surface area contributed by atoms with Crippen LogP contribution in [-0.2, 0) is 26.2 Å². The van der Waals surface area contributed by atoms with Gasteiger partial charge in [-0.15, -0.1) is 0 Å². The Morgan fingerprint density at radius 1 is 0.955 bits per heavy atom. The fourth-order valence-electron chi connectivity index (χ4n) is 4.47. The molecule has 2 amide bonds. The van der Waals surface area contributed by atoms with Crippen molar-refractivity contribution in [3.8, 4) is 11.5 Å². The summed E-state index contributed by atoms with van der Waals surface area (Å²) in [7, 11) is -1.67. The number of nitrogens with zero attached hydrogens (tertiary/aromatic N) is 2. The first-order valence-corrected chi connectivity index (χ1v) is 15.9. The third-order valence-corrected chi connectivity index (χ3v) is 9.09. The van der Waals surface area contributed by atoms with Crippen LogP contribution in [0.3, 0.4) is 0 Å². The van der Waals surface area contributed by atoms with Crippen molar-refractivity contribution >= 4 is 50.7 Å². The second-order valence-corrected chi connectivity index (χ2v) is 13.6. The van der Waals surface area contributed by atoms with Gasteiger partial charge >= 0.3 is 0 Å². The molecular weight excluding hydrogens is 632 g/mol. The van der Waals surface area contributed by atoms with E-state index in [1.165, 1.54) is 49.5 Å². The van der Waals surface area contributed by atoms with E-state index in [1.807, 2.05) is 0 Å². The SMILES string of the molecule is CCC(C(=O)NC(C)(C)C)N(Cc1c(Cl)cccc1Cl)C(=O)CN(c1ccc(F)cc1)S(=O)(=O)c1ccc(OC)c(OC)c1. The van der Waals surface area contributed by atoms with Gasteiger partial charge in [-0.2, -0.15) is 0 Å². The molecule has 0 radical (unpaired) electrons. The maximum Gasteiger partial charge on any atom is 0.264 e. The number of amides is 2. The van der Waals surface area contributed by atoms with E-state index in [9.17, 15) is 22.4 Å². The molecule has 1 atom stereocenters. The van der Waals surface area contributed by atoms with E-state index in [-0.39, 0.29) is 39.3 Å². The number of carbonyl (C=O) groups is 2. The van der Waals surface area contributed by atoms with Gasteiger partial charge in [0.05, 0.1) is 24.8 Å². The van der Waals surface area contributed by atoms with Crippen molar-refractivity contribution in [3.63, 3.8) is 0 Å². The lowest BCUT2D eigenvalue weighted by Crippen LogP contribution is -2.55. The Kier molecular flexibility index (Phi) is 11.5. The average molecular weight is 669 g/mol. The Labute approximate surface area is 267 Å². The number of nitrogens with one attached hydrogen (secondary N) is 1. The van der Waals surface area contributed by atoms with Gasteiger partial charge < -0.3 is 19.7 Å². The van der Waals surface area contributed by atoms with Crippen LogP contribution in [0.4, 0.5) is 10.1 Å². The molecule has 0 aliphatic rings. The van der Waals surface area contributed by atoms with Crippen LogP contribution in [-0.4, -0.2) is 57.5 Å². The minimum Gasteiger partial charge on any atom is -0.493 e. The van der Waals surface area contributed by atoms with E-state index in [2.05, 4.69) is 5.32 Å². The van der Waals surface area contributed by atoms with Crippen LogP contribution in [0.2, 0.25) is 10.0 Å². The third-order valence-electron chi connectivity index (χ3n) is 6.61. The van der Waals surface area contributed by atoms with E-state index in [0.29, 0.717) is 11.3 Å². The minimum absolute atomic E-state index is 0.0254. The van der Waals surface area contributed by atoms with Crippen LogP contribution >= 0.6 is 23.2 Å². The number of sulfonamides is 1. The van der Waals surface area contributed by atoms with Crippen molar-refractivity contribution < 1.29 is 31.9 Å². The molecular formula is C31H36Cl2FN3O6S. The van der Waals surface area contributed by atoms with Crippen LogP contribution in [0.25, 0.3) is 0 Å². The molecule has 3 aromatic rings. The summed E-state index contributed by atoms with van der Waals surface area (Å²) in [4.78, 5) is 28.8. The Morgan fingerprint density at radius 2 is 1.55 bits per heavy atom. The molecule has 0 aliphatic carbocycles. The fourth-order valence-corrected chi connectivity index (χ4v) is 6.41. The van der Waals surface area contributed by atoms with Gasteiger partial charge in [0.1, 0.15) is 18.4 Å². The highest BCUT2D eigenvalue weighted by Crippen LogP contribution is 2.33. The van der Waals surface area contributed by atoms with Crippen LogP contribution in [0.5, 0.6) is 11.5 Å². The number of anilines is 1. The van der Waals surface area contributed by atoms with Crippen molar-refractivity contribution in [2.45, 2.75) is 57.1 Å². The molecule has 0 aliphatic heterocycles. The monoisotopic (exact) mass is 667 g/mol. The lowest BCUT2D eigenvalue weighted by molar-refractivity contribution is -0.141. The van der Waals surface area contributed by atoms with Gasteiger partial charge in [0.15, 0.2) is 11.5 Å². The van der Waals surface area contributed by atoms with Crippen LogP contribution < -0.4 is 19.1 Å². The molecule has 0 spiro atoms. The van der Waals surface area contributed by atoms with Gasteiger partial charge in [0.2, 0.25) is 11.8 Å². The smallest absolute Gasteiger partial charge is 0.264 e. The highest BCUT2D eigenvalue weighted by atomic mass is 35.5. The van der Waals surface area contributed by atoms with Crippen LogP contribution in [0.1, 0.15) is 39.7 Å². The molecule has 0 saturated heterocycles. The normalized spacial score (nSPS) is 12.3. The summed E-state index contributed by atoms with van der Waals surface area (Å²) in [6, 6.07) is 12.5. The van der Waals surface area contributed by atoms with Gasteiger partial charge in [-0.25, -0.2) is 12.8 Å². The number of rotatable bonds is 12. The zero-order chi connectivity index (χ0) is 32.8.